The normalized spacial score (nSPS) is 14.1. The fraction of sp³-hybridized carbons (Fsp3) is 0.889. The highest BCUT2D eigenvalue weighted by Gasteiger charge is 2.14. The summed E-state index contributed by atoms with van der Waals surface area (Å²) in [5.74, 6) is -0.208. The second-order valence-electron chi connectivity index (χ2n) is 4.40. The van der Waals surface area contributed by atoms with Crippen LogP contribution in [0.3, 0.4) is 0 Å². The van der Waals surface area contributed by atoms with E-state index in [1.807, 2.05) is 20.8 Å². The molecule has 0 aromatic heterocycles. The summed E-state index contributed by atoms with van der Waals surface area (Å²) < 4.78 is 5.00. The van der Waals surface area contributed by atoms with E-state index in [2.05, 4.69) is 0 Å². The monoisotopic (exact) mass is 173 g/mol. The molecule has 0 amide bonds. The van der Waals surface area contributed by atoms with Gasteiger partial charge >= 0.3 is 5.97 Å². The molecule has 3 nitrogen and oxygen atoms in total. The lowest BCUT2D eigenvalue weighted by atomic mass is 9.99. The average Bonchev–Trinajstić information content (AvgIpc) is 1.80. The summed E-state index contributed by atoms with van der Waals surface area (Å²) in [4.78, 5) is 11.0. The Morgan fingerprint density at radius 3 is 2.33 bits per heavy atom. The number of hydrogen-bond donors (Lipinski definition) is 1. The molecule has 0 aromatic carbocycles. The fourth-order valence-corrected chi connectivity index (χ4v) is 0.619. The Labute approximate surface area is 74.3 Å². The van der Waals surface area contributed by atoms with Crippen LogP contribution in [0, 0.1) is 5.41 Å². The number of hydrogen-bond acceptors (Lipinski definition) is 3. The standard InChI is InChI=1S/C9H19NO2/c1-7(10)5-8(11)12-6-9(2,3)4/h7H,5-6,10H2,1-4H3. The summed E-state index contributed by atoms with van der Waals surface area (Å²) in [7, 11) is 0. The van der Waals surface area contributed by atoms with Gasteiger partial charge in [-0.25, -0.2) is 0 Å². The van der Waals surface area contributed by atoms with Crippen LogP contribution in [-0.2, 0) is 9.53 Å². The summed E-state index contributed by atoms with van der Waals surface area (Å²) in [6, 6.07) is -0.113. The quantitative estimate of drug-likeness (QED) is 0.655. The van der Waals surface area contributed by atoms with Gasteiger partial charge in [0, 0.05) is 6.04 Å². The van der Waals surface area contributed by atoms with Gasteiger partial charge in [-0.1, -0.05) is 20.8 Å². The van der Waals surface area contributed by atoms with Crippen molar-refractivity contribution in [3.63, 3.8) is 0 Å². The van der Waals surface area contributed by atoms with Crippen molar-refractivity contribution in [1.29, 1.82) is 0 Å². The zero-order valence-electron chi connectivity index (χ0n) is 8.39. The molecule has 0 radical (unpaired) electrons. The zero-order chi connectivity index (χ0) is 9.78. The molecule has 0 aromatic rings. The van der Waals surface area contributed by atoms with Gasteiger partial charge in [0.2, 0.25) is 0 Å². The van der Waals surface area contributed by atoms with E-state index in [0.29, 0.717) is 13.0 Å². The van der Waals surface area contributed by atoms with Crippen molar-refractivity contribution in [3.8, 4) is 0 Å². The Morgan fingerprint density at radius 1 is 1.50 bits per heavy atom. The maximum Gasteiger partial charge on any atom is 0.307 e. The minimum absolute atomic E-state index is 0.0352. The lowest BCUT2D eigenvalue weighted by Crippen LogP contribution is -2.24. The highest BCUT2D eigenvalue weighted by Crippen LogP contribution is 2.13. The Kier molecular flexibility index (Phi) is 4.24. The third-order valence-electron chi connectivity index (χ3n) is 1.15. The van der Waals surface area contributed by atoms with E-state index in [4.69, 9.17) is 10.5 Å². The molecule has 0 spiro atoms. The van der Waals surface area contributed by atoms with Crippen LogP contribution < -0.4 is 5.73 Å². The van der Waals surface area contributed by atoms with Gasteiger partial charge in [-0.3, -0.25) is 4.79 Å². The Balaban J connectivity index is 3.58. The molecule has 1 unspecified atom stereocenters. The van der Waals surface area contributed by atoms with E-state index in [1.165, 1.54) is 0 Å². The smallest absolute Gasteiger partial charge is 0.307 e. The molecule has 0 aliphatic carbocycles. The molecule has 0 heterocycles. The lowest BCUT2D eigenvalue weighted by molar-refractivity contribution is -0.146. The first kappa shape index (κ1) is 11.4. The number of esters is 1. The topological polar surface area (TPSA) is 52.3 Å². The molecular weight excluding hydrogens is 154 g/mol. The zero-order valence-corrected chi connectivity index (χ0v) is 8.39. The summed E-state index contributed by atoms with van der Waals surface area (Å²) in [6.45, 7) is 8.31. The van der Waals surface area contributed by atoms with E-state index in [-0.39, 0.29) is 17.4 Å². The summed E-state index contributed by atoms with van der Waals surface area (Å²) in [6.07, 6.45) is 0.302. The van der Waals surface area contributed by atoms with E-state index in [9.17, 15) is 4.79 Å². The molecule has 0 fully saturated rings. The van der Waals surface area contributed by atoms with Crippen LogP contribution in [0.15, 0.2) is 0 Å². The number of nitrogens with two attached hydrogens (primary N) is 1. The van der Waals surface area contributed by atoms with Crippen molar-refractivity contribution in [2.45, 2.75) is 40.2 Å². The van der Waals surface area contributed by atoms with Crippen molar-refractivity contribution in [1.82, 2.24) is 0 Å². The van der Waals surface area contributed by atoms with Crippen molar-refractivity contribution in [2.24, 2.45) is 11.1 Å². The van der Waals surface area contributed by atoms with E-state index >= 15 is 0 Å². The predicted molar refractivity (Wildman–Crippen MR) is 48.7 cm³/mol. The summed E-state index contributed by atoms with van der Waals surface area (Å²) in [5.41, 5.74) is 5.47. The van der Waals surface area contributed by atoms with Crippen LogP contribution in [0.1, 0.15) is 34.1 Å². The van der Waals surface area contributed by atoms with Crippen molar-refractivity contribution >= 4 is 5.97 Å². The molecular formula is C9H19NO2. The van der Waals surface area contributed by atoms with Crippen molar-refractivity contribution in [2.75, 3.05) is 6.61 Å². The second-order valence-corrected chi connectivity index (χ2v) is 4.40. The molecule has 72 valence electrons. The SMILES string of the molecule is CC(N)CC(=O)OCC(C)(C)C. The first-order chi connectivity index (χ1) is 5.31. The van der Waals surface area contributed by atoms with Gasteiger partial charge in [0.15, 0.2) is 0 Å². The van der Waals surface area contributed by atoms with Crippen LogP contribution >= 0.6 is 0 Å². The predicted octanol–water partition coefficient (Wildman–Crippen LogP) is 1.31. The van der Waals surface area contributed by atoms with Gasteiger partial charge in [-0.15, -0.1) is 0 Å². The lowest BCUT2D eigenvalue weighted by Gasteiger charge is -2.18. The molecule has 12 heavy (non-hydrogen) atoms. The largest absolute Gasteiger partial charge is 0.465 e. The van der Waals surface area contributed by atoms with Gasteiger partial charge in [-0.2, -0.15) is 0 Å². The Morgan fingerprint density at radius 2 is 2.00 bits per heavy atom. The number of carbonyl (C=O) groups is 1. The van der Waals surface area contributed by atoms with Crippen LogP contribution in [0.5, 0.6) is 0 Å². The Bertz CT molecular complexity index is 147. The Hall–Kier alpha value is -0.570. The van der Waals surface area contributed by atoms with Crippen molar-refractivity contribution in [3.05, 3.63) is 0 Å². The highest BCUT2D eigenvalue weighted by atomic mass is 16.5. The average molecular weight is 173 g/mol. The fourth-order valence-electron chi connectivity index (χ4n) is 0.619. The molecule has 0 saturated heterocycles. The maximum absolute atomic E-state index is 11.0. The van der Waals surface area contributed by atoms with E-state index in [0.717, 1.165) is 0 Å². The van der Waals surface area contributed by atoms with E-state index in [1.54, 1.807) is 6.92 Å². The van der Waals surface area contributed by atoms with Gasteiger partial charge in [0.05, 0.1) is 13.0 Å². The summed E-state index contributed by atoms with van der Waals surface area (Å²) in [5, 5.41) is 0. The maximum atomic E-state index is 11.0. The molecule has 0 aliphatic rings. The minimum atomic E-state index is -0.208. The van der Waals surface area contributed by atoms with Gasteiger partial charge < -0.3 is 10.5 Å². The minimum Gasteiger partial charge on any atom is -0.465 e. The molecule has 3 heteroatoms. The van der Waals surface area contributed by atoms with Gasteiger partial charge in [0.1, 0.15) is 0 Å². The van der Waals surface area contributed by atoms with Crippen LogP contribution in [0.4, 0.5) is 0 Å². The molecule has 0 aliphatic heterocycles. The molecule has 0 saturated carbocycles. The second kappa shape index (κ2) is 4.45. The third-order valence-corrected chi connectivity index (χ3v) is 1.15. The van der Waals surface area contributed by atoms with Crippen molar-refractivity contribution < 1.29 is 9.53 Å². The van der Waals surface area contributed by atoms with Gasteiger partial charge in [-0.05, 0) is 12.3 Å². The third kappa shape index (κ3) is 7.54. The van der Waals surface area contributed by atoms with Crippen LogP contribution in [-0.4, -0.2) is 18.6 Å². The number of ether oxygens (including phenoxy) is 1. The molecule has 0 rings (SSSR count). The summed E-state index contributed by atoms with van der Waals surface area (Å²) >= 11 is 0. The van der Waals surface area contributed by atoms with Crippen LogP contribution in [0.2, 0.25) is 0 Å². The number of carbonyl (C=O) groups excluding carboxylic acids is 1. The van der Waals surface area contributed by atoms with Crippen LogP contribution in [0.25, 0.3) is 0 Å². The molecule has 2 N–H and O–H groups in total. The van der Waals surface area contributed by atoms with E-state index < -0.39 is 0 Å². The molecule has 0 bridgehead atoms. The molecule has 1 atom stereocenters. The van der Waals surface area contributed by atoms with Gasteiger partial charge in [0.25, 0.3) is 0 Å². The first-order valence-electron chi connectivity index (χ1n) is 4.22. The first-order valence-corrected chi connectivity index (χ1v) is 4.22. The number of rotatable bonds is 3. The highest BCUT2D eigenvalue weighted by molar-refractivity contribution is 5.70.